The van der Waals surface area contributed by atoms with Gasteiger partial charge in [-0.1, -0.05) is 6.92 Å². The standard InChI is InChI=1S/C14H22F2N4O/c1-3-7-20(4-2)12-6-5-11(8-18-12)13(21)19-10-14(15,16)9-17/h5-6,8H,3-4,7,9-10,17H2,1-2H3,(H,19,21). The zero-order valence-electron chi connectivity index (χ0n) is 12.4. The quantitative estimate of drug-likeness (QED) is 0.765. The van der Waals surface area contributed by atoms with E-state index in [2.05, 4.69) is 22.1 Å². The first kappa shape index (κ1) is 17.3. The molecule has 1 amide bonds. The highest BCUT2D eigenvalue weighted by Gasteiger charge is 2.27. The van der Waals surface area contributed by atoms with Gasteiger partial charge >= 0.3 is 0 Å². The van der Waals surface area contributed by atoms with Crippen molar-refractivity contribution in [1.82, 2.24) is 10.3 Å². The number of carbonyl (C=O) groups excluding carboxylic acids is 1. The van der Waals surface area contributed by atoms with Crippen LogP contribution in [0.25, 0.3) is 0 Å². The maximum atomic E-state index is 13.0. The van der Waals surface area contributed by atoms with Crippen LogP contribution in [-0.2, 0) is 0 Å². The molecule has 0 aliphatic carbocycles. The molecule has 3 N–H and O–H groups in total. The molecule has 118 valence electrons. The van der Waals surface area contributed by atoms with Gasteiger partial charge < -0.3 is 16.0 Å². The Balaban J connectivity index is 2.67. The monoisotopic (exact) mass is 300 g/mol. The van der Waals surface area contributed by atoms with E-state index in [9.17, 15) is 13.6 Å². The molecule has 0 atom stereocenters. The Morgan fingerprint density at radius 2 is 2.14 bits per heavy atom. The Labute approximate surface area is 123 Å². The van der Waals surface area contributed by atoms with Crippen molar-refractivity contribution in [1.29, 1.82) is 0 Å². The van der Waals surface area contributed by atoms with Gasteiger partial charge in [0.05, 0.1) is 18.7 Å². The molecule has 0 fully saturated rings. The summed E-state index contributed by atoms with van der Waals surface area (Å²) >= 11 is 0. The van der Waals surface area contributed by atoms with E-state index >= 15 is 0 Å². The first-order valence-electron chi connectivity index (χ1n) is 7.00. The lowest BCUT2D eigenvalue weighted by molar-refractivity contribution is 0.0118. The van der Waals surface area contributed by atoms with Crippen molar-refractivity contribution in [3.8, 4) is 0 Å². The molecule has 0 bridgehead atoms. The van der Waals surface area contributed by atoms with Crippen LogP contribution in [-0.4, -0.2) is 43.0 Å². The molecule has 0 saturated heterocycles. The second kappa shape index (κ2) is 7.87. The number of alkyl halides is 2. The number of carbonyl (C=O) groups is 1. The van der Waals surface area contributed by atoms with Crippen LogP contribution < -0.4 is 16.0 Å². The maximum absolute atomic E-state index is 13.0. The molecule has 7 heteroatoms. The first-order valence-corrected chi connectivity index (χ1v) is 7.00. The predicted octanol–water partition coefficient (Wildman–Crippen LogP) is 1.64. The molecule has 1 aromatic rings. The molecule has 0 spiro atoms. The van der Waals surface area contributed by atoms with E-state index in [1.165, 1.54) is 6.20 Å². The lowest BCUT2D eigenvalue weighted by Crippen LogP contribution is -2.41. The smallest absolute Gasteiger partial charge is 0.277 e. The summed E-state index contributed by atoms with van der Waals surface area (Å²) in [4.78, 5) is 18.0. The highest BCUT2D eigenvalue weighted by Crippen LogP contribution is 2.12. The number of hydrogen-bond acceptors (Lipinski definition) is 4. The Hall–Kier alpha value is -1.76. The lowest BCUT2D eigenvalue weighted by Gasteiger charge is -2.21. The van der Waals surface area contributed by atoms with Gasteiger partial charge in [-0.05, 0) is 25.5 Å². The van der Waals surface area contributed by atoms with Gasteiger partial charge in [-0.25, -0.2) is 13.8 Å². The van der Waals surface area contributed by atoms with Crippen LogP contribution in [0.15, 0.2) is 18.3 Å². The fourth-order valence-electron chi connectivity index (χ4n) is 1.80. The first-order chi connectivity index (χ1) is 9.93. The van der Waals surface area contributed by atoms with Gasteiger partial charge in [0.25, 0.3) is 11.8 Å². The van der Waals surface area contributed by atoms with Crippen LogP contribution in [0, 0.1) is 0 Å². The van der Waals surface area contributed by atoms with Crippen molar-refractivity contribution in [2.75, 3.05) is 31.1 Å². The third kappa shape index (κ3) is 5.26. The summed E-state index contributed by atoms with van der Waals surface area (Å²) in [5.74, 6) is -2.91. The molecule has 0 aromatic carbocycles. The van der Waals surface area contributed by atoms with E-state index in [1.807, 2.05) is 6.92 Å². The summed E-state index contributed by atoms with van der Waals surface area (Å²) in [6.07, 6.45) is 2.38. The van der Waals surface area contributed by atoms with E-state index in [0.717, 1.165) is 25.3 Å². The van der Waals surface area contributed by atoms with Gasteiger partial charge in [0.2, 0.25) is 0 Å². The summed E-state index contributed by atoms with van der Waals surface area (Å²) in [5, 5.41) is 2.16. The van der Waals surface area contributed by atoms with Crippen LogP contribution >= 0.6 is 0 Å². The zero-order valence-corrected chi connectivity index (χ0v) is 12.4. The second-order valence-corrected chi connectivity index (χ2v) is 4.73. The SMILES string of the molecule is CCCN(CC)c1ccc(C(=O)NCC(F)(F)CN)cn1. The molecule has 1 heterocycles. The molecule has 0 aliphatic rings. The highest BCUT2D eigenvalue weighted by molar-refractivity contribution is 5.94. The number of halogens is 2. The number of pyridine rings is 1. The molecule has 0 saturated carbocycles. The van der Waals surface area contributed by atoms with E-state index < -0.39 is 24.9 Å². The predicted molar refractivity (Wildman–Crippen MR) is 78.7 cm³/mol. The van der Waals surface area contributed by atoms with Gasteiger partial charge in [-0.3, -0.25) is 4.79 Å². The van der Waals surface area contributed by atoms with Crippen molar-refractivity contribution >= 4 is 11.7 Å². The largest absolute Gasteiger partial charge is 0.357 e. The number of anilines is 1. The molecule has 0 aliphatic heterocycles. The van der Waals surface area contributed by atoms with E-state index in [1.54, 1.807) is 12.1 Å². The van der Waals surface area contributed by atoms with E-state index in [0.29, 0.717) is 0 Å². The van der Waals surface area contributed by atoms with Crippen LogP contribution in [0.3, 0.4) is 0 Å². The molecule has 0 radical (unpaired) electrons. The van der Waals surface area contributed by atoms with Crippen LogP contribution in [0.5, 0.6) is 0 Å². The normalized spacial score (nSPS) is 11.3. The highest BCUT2D eigenvalue weighted by atomic mass is 19.3. The summed E-state index contributed by atoms with van der Waals surface area (Å²) < 4.78 is 25.9. The molecule has 0 unspecified atom stereocenters. The number of amides is 1. The van der Waals surface area contributed by atoms with Crippen LogP contribution in [0.2, 0.25) is 0 Å². The van der Waals surface area contributed by atoms with Crippen LogP contribution in [0.1, 0.15) is 30.6 Å². The number of nitrogens with two attached hydrogens (primary N) is 1. The van der Waals surface area contributed by atoms with Crippen molar-refractivity contribution in [3.63, 3.8) is 0 Å². The third-order valence-corrected chi connectivity index (χ3v) is 3.02. The maximum Gasteiger partial charge on any atom is 0.277 e. The van der Waals surface area contributed by atoms with Crippen molar-refractivity contribution in [3.05, 3.63) is 23.9 Å². The molecule has 1 rings (SSSR count). The average Bonchev–Trinajstić information content (AvgIpc) is 2.50. The minimum Gasteiger partial charge on any atom is -0.357 e. The number of nitrogens with zero attached hydrogens (tertiary/aromatic N) is 2. The Morgan fingerprint density at radius 1 is 1.43 bits per heavy atom. The van der Waals surface area contributed by atoms with Crippen molar-refractivity contribution in [2.45, 2.75) is 26.2 Å². The summed E-state index contributed by atoms with van der Waals surface area (Å²) in [6.45, 7) is 4.20. The molecule has 5 nitrogen and oxygen atoms in total. The molecule has 21 heavy (non-hydrogen) atoms. The molecular formula is C14H22F2N4O. The number of rotatable bonds is 8. The van der Waals surface area contributed by atoms with Crippen molar-refractivity contribution in [2.24, 2.45) is 5.73 Å². The van der Waals surface area contributed by atoms with E-state index in [-0.39, 0.29) is 5.56 Å². The number of aromatic nitrogens is 1. The number of hydrogen-bond donors (Lipinski definition) is 2. The summed E-state index contributed by atoms with van der Waals surface area (Å²) in [7, 11) is 0. The van der Waals surface area contributed by atoms with Crippen molar-refractivity contribution < 1.29 is 13.6 Å². The Morgan fingerprint density at radius 3 is 2.62 bits per heavy atom. The zero-order chi connectivity index (χ0) is 15.9. The minimum atomic E-state index is -3.09. The van der Waals surface area contributed by atoms with Gasteiger partial charge in [0.1, 0.15) is 5.82 Å². The van der Waals surface area contributed by atoms with Gasteiger partial charge in [-0.2, -0.15) is 0 Å². The average molecular weight is 300 g/mol. The summed E-state index contributed by atoms with van der Waals surface area (Å²) in [5.41, 5.74) is 5.16. The fourth-order valence-corrected chi connectivity index (χ4v) is 1.80. The molecular weight excluding hydrogens is 278 g/mol. The van der Waals surface area contributed by atoms with E-state index in [4.69, 9.17) is 5.73 Å². The van der Waals surface area contributed by atoms with Crippen LogP contribution in [0.4, 0.5) is 14.6 Å². The number of nitrogens with one attached hydrogen (secondary N) is 1. The van der Waals surface area contributed by atoms with Gasteiger partial charge in [0, 0.05) is 19.3 Å². The Kier molecular flexibility index (Phi) is 6.48. The topological polar surface area (TPSA) is 71.2 Å². The minimum absolute atomic E-state index is 0.249. The Bertz CT molecular complexity index is 451. The van der Waals surface area contributed by atoms with Gasteiger partial charge in [0.15, 0.2) is 0 Å². The lowest BCUT2D eigenvalue weighted by atomic mass is 10.2. The third-order valence-electron chi connectivity index (χ3n) is 3.02. The summed E-state index contributed by atoms with van der Waals surface area (Å²) in [6, 6.07) is 3.30. The molecule has 1 aromatic heterocycles. The second-order valence-electron chi connectivity index (χ2n) is 4.73. The van der Waals surface area contributed by atoms with Gasteiger partial charge in [-0.15, -0.1) is 0 Å². The fraction of sp³-hybridized carbons (Fsp3) is 0.571.